The Labute approximate surface area is 103 Å². The Morgan fingerprint density at radius 3 is 2.94 bits per heavy atom. The van der Waals surface area contributed by atoms with Gasteiger partial charge in [-0.25, -0.2) is 4.98 Å². The van der Waals surface area contributed by atoms with Crippen LogP contribution in [0.15, 0.2) is 41.5 Å². The fourth-order valence-electron chi connectivity index (χ4n) is 1.91. The second-order valence-electron chi connectivity index (χ2n) is 4.06. The minimum Gasteiger partial charge on any atom is -0.367 e. The zero-order valence-corrected chi connectivity index (χ0v) is 9.60. The highest BCUT2D eigenvalue weighted by Crippen LogP contribution is 2.18. The summed E-state index contributed by atoms with van der Waals surface area (Å²) in [5.41, 5.74) is 8.80. The molecule has 0 saturated carbocycles. The molecule has 5 nitrogen and oxygen atoms in total. The highest BCUT2D eigenvalue weighted by molar-refractivity contribution is 5.79. The van der Waals surface area contributed by atoms with Crippen molar-refractivity contribution >= 4 is 11.0 Å². The van der Waals surface area contributed by atoms with Gasteiger partial charge in [0, 0.05) is 25.0 Å². The zero-order chi connectivity index (χ0) is 12.5. The third-order valence-corrected chi connectivity index (χ3v) is 2.86. The van der Waals surface area contributed by atoms with E-state index in [4.69, 9.17) is 5.73 Å². The maximum absolute atomic E-state index is 11.7. The molecule has 0 aliphatic heterocycles. The number of pyridine rings is 1. The summed E-state index contributed by atoms with van der Waals surface area (Å²) in [5.74, 6) is 0.570. The van der Waals surface area contributed by atoms with Gasteiger partial charge in [0.2, 0.25) is 0 Å². The lowest BCUT2D eigenvalue weighted by Crippen LogP contribution is -2.03. The number of aromatic nitrogens is 3. The fourth-order valence-corrected chi connectivity index (χ4v) is 1.91. The summed E-state index contributed by atoms with van der Waals surface area (Å²) in [6, 6.07) is 7.26. The van der Waals surface area contributed by atoms with Gasteiger partial charge in [-0.05, 0) is 17.7 Å². The molecule has 0 amide bonds. The van der Waals surface area contributed by atoms with E-state index in [0.717, 1.165) is 16.6 Å². The number of nitrogens with one attached hydrogen (secondary N) is 2. The lowest BCUT2D eigenvalue weighted by Gasteiger charge is -1.94. The first-order valence-corrected chi connectivity index (χ1v) is 5.64. The van der Waals surface area contributed by atoms with Crippen LogP contribution >= 0.6 is 0 Å². The van der Waals surface area contributed by atoms with Crippen molar-refractivity contribution in [1.82, 2.24) is 15.0 Å². The second-order valence-corrected chi connectivity index (χ2v) is 4.06. The first kappa shape index (κ1) is 10.7. The molecule has 0 aliphatic carbocycles. The van der Waals surface area contributed by atoms with Gasteiger partial charge in [0.05, 0.1) is 16.6 Å². The number of benzene rings is 1. The second kappa shape index (κ2) is 4.12. The molecule has 3 aromatic rings. The van der Waals surface area contributed by atoms with Crippen molar-refractivity contribution in [3.8, 4) is 11.4 Å². The highest BCUT2D eigenvalue weighted by atomic mass is 16.1. The lowest BCUT2D eigenvalue weighted by atomic mass is 10.2. The molecule has 0 fully saturated rings. The van der Waals surface area contributed by atoms with Crippen molar-refractivity contribution in [1.29, 1.82) is 0 Å². The highest BCUT2D eigenvalue weighted by Gasteiger charge is 2.08. The van der Waals surface area contributed by atoms with E-state index in [1.807, 2.05) is 18.2 Å². The lowest BCUT2D eigenvalue weighted by molar-refractivity contribution is 1.07. The summed E-state index contributed by atoms with van der Waals surface area (Å²) in [5, 5.41) is 0. The number of H-pyrrole nitrogens is 2. The van der Waals surface area contributed by atoms with Crippen molar-refractivity contribution in [3.63, 3.8) is 0 Å². The molecule has 2 aromatic heterocycles. The summed E-state index contributed by atoms with van der Waals surface area (Å²) >= 11 is 0. The van der Waals surface area contributed by atoms with Gasteiger partial charge in [0.1, 0.15) is 5.82 Å². The number of fused-ring (bicyclic) bond motifs is 1. The molecule has 4 N–H and O–H groups in total. The quantitative estimate of drug-likeness (QED) is 0.632. The van der Waals surface area contributed by atoms with Crippen LogP contribution in [0.4, 0.5) is 0 Å². The predicted molar refractivity (Wildman–Crippen MR) is 70.0 cm³/mol. The first-order chi connectivity index (χ1) is 8.78. The van der Waals surface area contributed by atoms with E-state index in [-0.39, 0.29) is 5.43 Å². The Morgan fingerprint density at radius 2 is 2.17 bits per heavy atom. The fraction of sp³-hybridized carbons (Fsp3) is 0.0769. The minimum absolute atomic E-state index is 0.0631. The van der Waals surface area contributed by atoms with Gasteiger partial charge < -0.3 is 15.7 Å². The van der Waals surface area contributed by atoms with E-state index in [2.05, 4.69) is 15.0 Å². The summed E-state index contributed by atoms with van der Waals surface area (Å²) < 4.78 is 0. The third-order valence-electron chi connectivity index (χ3n) is 2.86. The number of nitrogens with zero attached hydrogens (tertiary/aromatic N) is 1. The molecule has 0 aliphatic rings. The Hall–Kier alpha value is -2.40. The molecule has 2 heterocycles. The smallest absolute Gasteiger partial charge is 0.192 e. The molecular weight excluding hydrogens is 228 g/mol. The molecule has 18 heavy (non-hydrogen) atoms. The van der Waals surface area contributed by atoms with E-state index in [0.29, 0.717) is 17.9 Å². The number of imidazole rings is 1. The molecule has 5 heteroatoms. The van der Waals surface area contributed by atoms with Gasteiger partial charge in [0.15, 0.2) is 5.43 Å². The Bertz CT molecular complexity index is 757. The van der Waals surface area contributed by atoms with Crippen molar-refractivity contribution in [2.75, 3.05) is 0 Å². The Kier molecular flexibility index (Phi) is 2.46. The summed E-state index contributed by atoms with van der Waals surface area (Å²) in [7, 11) is 0. The van der Waals surface area contributed by atoms with Crippen LogP contribution in [-0.2, 0) is 6.54 Å². The van der Waals surface area contributed by atoms with E-state index in [1.165, 1.54) is 6.07 Å². The molecule has 0 bridgehead atoms. The number of hydrogen-bond donors (Lipinski definition) is 3. The van der Waals surface area contributed by atoms with E-state index in [9.17, 15) is 4.79 Å². The first-order valence-electron chi connectivity index (χ1n) is 5.64. The monoisotopic (exact) mass is 240 g/mol. The Morgan fingerprint density at radius 1 is 1.28 bits per heavy atom. The maximum Gasteiger partial charge on any atom is 0.192 e. The molecule has 3 rings (SSSR count). The Balaban J connectivity index is 2.20. The molecule has 0 saturated heterocycles. The van der Waals surface area contributed by atoms with E-state index in [1.54, 1.807) is 12.4 Å². The van der Waals surface area contributed by atoms with Crippen LogP contribution in [0.25, 0.3) is 22.4 Å². The van der Waals surface area contributed by atoms with Gasteiger partial charge in [-0.3, -0.25) is 4.79 Å². The largest absolute Gasteiger partial charge is 0.367 e. The minimum atomic E-state index is -0.0631. The van der Waals surface area contributed by atoms with Crippen LogP contribution in [-0.4, -0.2) is 15.0 Å². The van der Waals surface area contributed by atoms with E-state index < -0.39 is 0 Å². The SMILES string of the molecule is NCc1ccc2nc(-c3c[nH]ccc3=O)[nH]c2c1. The van der Waals surface area contributed by atoms with Gasteiger partial charge in [-0.2, -0.15) is 0 Å². The number of aromatic amines is 2. The van der Waals surface area contributed by atoms with Crippen molar-refractivity contribution in [2.45, 2.75) is 6.54 Å². The summed E-state index contributed by atoms with van der Waals surface area (Å²) in [6.45, 7) is 0.482. The molecule has 0 radical (unpaired) electrons. The standard InChI is InChI=1S/C13H12N4O/c14-6-8-1-2-10-11(5-8)17-13(16-10)9-7-15-4-3-12(9)18/h1-5,7H,6,14H2,(H,15,18)(H,16,17). The normalized spacial score (nSPS) is 10.9. The van der Waals surface area contributed by atoms with Crippen LogP contribution in [0, 0.1) is 0 Å². The van der Waals surface area contributed by atoms with Crippen LogP contribution in [0.5, 0.6) is 0 Å². The van der Waals surface area contributed by atoms with Crippen LogP contribution in [0.2, 0.25) is 0 Å². The van der Waals surface area contributed by atoms with Gasteiger partial charge in [-0.15, -0.1) is 0 Å². The number of nitrogens with two attached hydrogens (primary N) is 1. The predicted octanol–water partition coefficient (Wildman–Crippen LogP) is 1.38. The molecule has 90 valence electrons. The van der Waals surface area contributed by atoms with Crippen molar-refractivity contribution in [3.05, 3.63) is 52.4 Å². The number of rotatable bonds is 2. The molecular formula is C13H12N4O. The van der Waals surface area contributed by atoms with Crippen molar-refractivity contribution in [2.24, 2.45) is 5.73 Å². The molecule has 0 atom stereocenters. The van der Waals surface area contributed by atoms with Crippen molar-refractivity contribution < 1.29 is 0 Å². The molecule has 1 aromatic carbocycles. The summed E-state index contributed by atoms with van der Waals surface area (Å²) in [6.07, 6.45) is 3.24. The topological polar surface area (TPSA) is 87.6 Å². The third kappa shape index (κ3) is 1.70. The maximum atomic E-state index is 11.7. The molecule has 0 unspecified atom stereocenters. The van der Waals surface area contributed by atoms with Gasteiger partial charge >= 0.3 is 0 Å². The number of hydrogen-bond acceptors (Lipinski definition) is 3. The van der Waals surface area contributed by atoms with Crippen LogP contribution in [0.1, 0.15) is 5.56 Å². The zero-order valence-electron chi connectivity index (χ0n) is 9.60. The average Bonchev–Trinajstić information content (AvgIpc) is 2.81. The van der Waals surface area contributed by atoms with Crippen LogP contribution < -0.4 is 11.2 Å². The van der Waals surface area contributed by atoms with Gasteiger partial charge in [0.25, 0.3) is 0 Å². The van der Waals surface area contributed by atoms with Gasteiger partial charge in [-0.1, -0.05) is 6.07 Å². The summed E-state index contributed by atoms with van der Waals surface area (Å²) in [4.78, 5) is 22.2. The molecule has 0 spiro atoms. The average molecular weight is 240 g/mol. The van der Waals surface area contributed by atoms with Crippen LogP contribution in [0.3, 0.4) is 0 Å². The van der Waals surface area contributed by atoms with E-state index >= 15 is 0 Å².